The number of nitrogen functional groups attached to an aromatic ring is 1. The van der Waals surface area contributed by atoms with Gasteiger partial charge in [0.05, 0.1) is 5.56 Å². The second kappa shape index (κ2) is 5.51. The number of pyridine rings is 1. The molecule has 0 saturated heterocycles. The maximum atomic E-state index is 11.9. The first-order valence-corrected chi connectivity index (χ1v) is 5.77. The molecule has 1 aromatic heterocycles. The van der Waals surface area contributed by atoms with Crippen molar-refractivity contribution in [3.05, 3.63) is 58.9 Å². The van der Waals surface area contributed by atoms with Crippen molar-refractivity contribution in [2.45, 2.75) is 6.54 Å². The van der Waals surface area contributed by atoms with Crippen LogP contribution in [0.3, 0.4) is 0 Å². The number of benzene rings is 1. The standard InChI is InChI=1S/C13H12ClN3O/c14-10-1-2-11(12(15)7-10)13(18)17-8-9-3-5-16-6-4-9/h1-7H,8,15H2,(H,17,18). The van der Waals surface area contributed by atoms with Crippen LogP contribution in [0.2, 0.25) is 5.02 Å². The Labute approximate surface area is 110 Å². The summed E-state index contributed by atoms with van der Waals surface area (Å²) < 4.78 is 0. The zero-order valence-electron chi connectivity index (χ0n) is 9.56. The highest BCUT2D eigenvalue weighted by atomic mass is 35.5. The Hall–Kier alpha value is -2.07. The molecule has 0 spiro atoms. The third kappa shape index (κ3) is 2.99. The Balaban J connectivity index is 2.04. The molecule has 0 saturated carbocycles. The fraction of sp³-hybridized carbons (Fsp3) is 0.0769. The van der Waals surface area contributed by atoms with Gasteiger partial charge in [-0.05, 0) is 35.9 Å². The van der Waals surface area contributed by atoms with Crippen LogP contribution in [0, 0.1) is 0 Å². The van der Waals surface area contributed by atoms with E-state index in [-0.39, 0.29) is 5.91 Å². The van der Waals surface area contributed by atoms with Gasteiger partial charge in [0, 0.05) is 29.6 Å². The SMILES string of the molecule is Nc1cc(Cl)ccc1C(=O)NCc1ccncc1. The molecule has 3 N–H and O–H groups in total. The normalized spacial score (nSPS) is 10.1. The number of hydrogen-bond acceptors (Lipinski definition) is 3. The van der Waals surface area contributed by atoms with Gasteiger partial charge in [-0.3, -0.25) is 9.78 Å². The Kier molecular flexibility index (Phi) is 3.79. The monoisotopic (exact) mass is 261 g/mol. The maximum absolute atomic E-state index is 11.9. The number of halogens is 1. The van der Waals surface area contributed by atoms with Gasteiger partial charge in [-0.2, -0.15) is 0 Å². The van der Waals surface area contributed by atoms with Crippen molar-refractivity contribution < 1.29 is 4.79 Å². The van der Waals surface area contributed by atoms with E-state index < -0.39 is 0 Å². The number of hydrogen-bond donors (Lipinski definition) is 2. The van der Waals surface area contributed by atoms with Crippen LogP contribution in [-0.4, -0.2) is 10.9 Å². The number of nitrogens with one attached hydrogen (secondary N) is 1. The average Bonchev–Trinajstić information content (AvgIpc) is 2.37. The molecule has 0 radical (unpaired) electrons. The summed E-state index contributed by atoms with van der Waals surface area (Å²) in [5.74, 6) is -0.221. The van der Waals surface area contributed by atoms with Crippen LogP contribution in [0.15, 0.2) is 42.7 Å². The van der Waals surface area contributed by atoms with Crippen LogP contribution in [0.25, 0.3) is 0 Å². The van der Waals surface area contributed by atoms with Crippen LogP contribution in [-0.2, 0) is 6.54 Å². The first kappa shape index (κ1) is 12.4. The molecular formula is C13H12ClN3O. The summed E-state index contributed by atoms with van der Waals surface area (Å²) in [6.45, 7) is 0.434. The van der Waals surface area contributed by atoms with Gasteiger partial charge in [-0.1, -0.05) is 11.6 Å². The minimum absolute atomic E-state index is 0.221. The lowest BCUT2D eigenvalue weighted by Crippen LogP contribution is -2.23. The maximum Gasteiger partial charge on any atom is 0.253 e. The molecule has 0 bridgehead atoms. The number of carbonyl (C=O) groups is 1. The van der Waals surface area contributed by atoms with Crippen LogP contribution in [0.5, 0.6) is 0 Å². The molecule has 0 aliphatic heterocycles. The molecule has 0 atom stereocenters. The van der Waals surface area contributed by atoms with E-state index in [0.29, 0.717) is 22.8 Å². The van der Waals surface area contributed by atoms with Crippen molar-refractivity contribution in [2.75, 3.05) is 5.73 Å². The van der Waals surface area contributed by atoms with Gasteiger partial charge < -0.3 is 11.1 Å². The fourth-order valence-corrected chi connectivity index (χ4v) is 1.70. The average molecular weight is 262 g/mol. The predicted molar refractivity (Wildman–Crippen MR) is 71.3 cm³/mol. The van der Waals surface area contributed by atoms with Crippen LogP contribution in [0.4, 0.5) is 5.69 Å². The quantitative estimate of drug-likeness (QED) is 0.833. The number of nitrogens with zero attached hydrogens (tertiary/aromatic N) is 1. The fourth-order valence-electron chi connectivity index (χ4n) is 1.52. The van der Waals surface area contributed by atoms with Crippen LogP contribution >= 0.6 is 11.6 Å². The van der Waals surface area contributed by atoms with Crippen molar-refractivity contribution >= 4 is 23.2 Å². The van der Waals surface area contributed by atoms with E-state index in [2.05, 4.69) is 10.3 Å². The summed E-state index contributed by atoms with van der Waals surface area (Å²) in [5.41, 5.74) is 7.51. The van der Waals surface area contributed by atoms with E-state index in [1.54, 1.807) is 30.6 Å². The lowest BCUT2D eigenvalue weighted by molar-refractivity contribution is 0.0952. The summed E-state index contributed by atoms with van der Waals surface area (Å²) in [4.78, 5) is 15.8. The van der Waals surface area contributed by atoms with E-state index in [1.807, 2.05) is 12.1 Å². The molecule has 1 heterocycles. The molecule has 0 aliphatic rings. The second-order valence-corrected chi connectivity index (χ2v) is 4.21. The number of nitrogens with two attached hydrogens (primary N) is 1. The zero-order chi connectivity index (χ0) is 13.0. The molecule has 1 amide bonds. The molecule has 0 unspecified atom stereocenters. The molecule has 2 rings (SSSR count). The van der Waals surface area contributed by atoms with Crippen molar-refractivity contribution in [1.82, 2.24) is 10.3 Å². The highest BCUT2D eigenvalue weighted by molar-refractivity contribution is 6.31. The number of amides is 1. The number of rotatable bonds is 3. The van der Waals surface area contributed by atoms with Gasteiger partial charge in [0.25, 0.3) is 5.91 Å². The third-order valence-corrected chi connectivity index (χ3v) is 2.70. The minimum atomic E-state index is -0.221. The molecule has 18 heavy (non-hydrogen) atoms. The van der Waals surface area contributed by atoms with Gasteiger partial charge in [-0.25, -0.2) is 0 Å². The number of carbonyl (C=O) groups excluding carboxylic acids is 1. The molecular weight excluding hydrogens is 250 g/mol. The smallest absolute Gasteiger partial charge is 0.253 e. The lowest BCUT2D eigenvalue weighted by Gasteiger charge is -2.07. The summed E-state index contributed by atoms with van der Waals surface area (Å²) in [7, 11) is 0. The molecule has 92 valence electrons. The van der Waals surface area contributed by atoms with E-state index in [4.69, 9.17) is 17.3 Å². The van der Waals surface area contributed by atoms with Crippen molar-refractivity contribution in [1.29, 1.82) is 0 Å². The Morgan fingerprint density at radius 2 is 2.00 bits per heavy atom. The van der Waals surface area contributed by atoms with E-state index >= 15 is 0 Å². The predicted octanol–water partition coefficient (Wildman–Crippen LogP) is 2.25. The van der Waals surface area contributed by atoms with E-state index in [1.165, 1.54) is 0 Å². The zero-order valence-corrected chi connectivity index (χ0v) is 10.3. The van der Waals surface area contributed by atoms with Gasteiger partial charge >= 0.3 is 0 Å². The largest absolute Gasteiger partial charge is 0.398 e. The van der Waals surface area contributed by atoms with Crippen LogP contribution in [0.1, 0.15) is 15.9 Å². The number of aromatic nitrogens is 1. The Bertz CT molecular complexity index is 557. The Morgan fingerprint density at radius 3 is 2.67 bits per heavy atom. The van der Waals surface area contributed by atoms with Gasteiger partial charge in [-0.15, -0.1) is 0 Å². The molecule has 1 aromatic carbocycles. The molecule has 2 aromatic rings. The lowest BCUT2D eigenvalue weighted by atomic mass is 10.1. The van der Waals surface area contributed by atoms with Gasteiger partial charge in [0.2, 0.25) is 0 Å². The van der Waals surface area contributed by atoms with Crippen molar-refractivity contribution in [3.8, 4) is 0 Å². The third-order valence-electron chi connectivity index (χ3n) is 2.46. The summed E-state index contributed by atoms with van der Waals surface area (Å²) in [6.07, 6.45) is 3.36. The van der Waals surface area contributed by atoms with Gasteiger partial charge in [0.1, 0.15) is 0 Å². The molecule has 0 fully saturated rings. The highest BCUT2D eigenvalue weighted by Gasteiger charge is 2.09. The first-order chi connectivity index (χ1) is 8.66. The van der Waals surface area contributed by atoms with Crippen molar-refractivity contribution in [3.63, 3.8) is 0 Å². The number of anilines is 1. The first-order valence-electron chi connectivity index (χ1n) is 5.39. The molecule has 5 heteroatoms. The van der Waals surface area contributed by atoms with E-state index in [9.17, 15) is 4.79 Å². The molecule has 0 aliphatic carbocycles. The highest BCUT2D eigenvalue weighted by Crippen LogP contribution is 2.17. The minimum Gasteiger partial charge on any atom is -0.398 e. The summed E-state index contributed by atoms with van der Waals surface area (Å²) >= 11 is 5.78. The van der Waals surface area contributed by atoms with Crippen molar-refractivity contribution in [2.24, 2.45) is 0 Å². The van der Waals surface area contributed by atoms with Gasteiger partial charge in [0.15, 0.2) is 0 Å². The topological polar surface area (TPSA) is 68.0 Å². The second-order valence-electron chi connectivity index (χ2n) is 3.77. The molecule has 4 nitrogen and oxygen atoms in total. The van der Waals surface area contributed by atoms with Crippen LogP contribution < -0.4 is 11.1 Å². The van der Waals surface area contributed by atoms with E-state index in [0.717, 1.165) is 5.56 Å². The Morgan fingerprint density at radius 1 is 1.28 bits per heavy atom. The summed E-state index contributed by atoms with van der Waals surface area (Å²) in [6, 6.07) is 8.48. The summed E-state index contributed by atoms with van der Waals surface area (Å²) in [5, 5.41) is 3.30.